The van der Waals surface area contributed by atoms with E-state index in [0.717, 1.165) is 6.42 Å². The minimum absolute atomic E-state index is 0.696. The van der Waals surface area contributed by atoms with Gasteiger partial charge < -0.3 is 0 Å². The van der Waals surface area contributed by atoms with Crippen LogP contribution in [-0.4, -0.2) is 0 Å². The summed E-state index contributed by atoms with van der Waals surface area (Å²) in [5, 5.41) is 0. The molecule has 1 aliphatic rings. The Hall–Kier alpha value is -2.08. The van der Waals surface area contributed by atoms with Crippen LogP contribution in [0.3, 0.4) is 0 Å². The first-order valence-corrected chi connectivity index (χ1v) is 9.78. The largest absolute Gasteiger partial charge is 0.0917 e. The van der Waals surface area contributed by atoms with Crippen molar-refractivity contribution in [3.8, 4) is 11.1 Å². The molecule has 0 saturated heterocycles. The molecule has 130 valence electrons. The van der Waals surface area contributed by atoms with E-state index < -0.39 is 0 Å². The zero-order chi connectivity index (χ0) is 17.5. The smallest absolute Gasteiger partial charge is 0.0124 e. The molecule has 0 amide bonds. The van der Waals surface area contributed by atoms with Crippen molar-refractivity contribution in [2.75, 3.05) is 0 Å². The van der Waals surface area contributed by atoms with E-state index in [0.29, 0.717) is 5.92 Å². The molecule has 3 rings (SSSR count). The van der Waals surface area contributed by atoms with Gasteiger partial charge in [-0.25, -0.2) is 0 Å². The highest BCUT2D eigenvalue weighted by atomic mass is 14.2. The Labute approximate surface area is 153 Å². The standard InChI is InChI=1S/C25H30/c1-3-5-6-7-21-10-14-23(15-11-21)25-18-16-24(17-19-25)22-12-8-20(4-2)9-13-22/h3,5,8-10,12-13,16-19,23H,4,6-7,11,14-15H2,1-2H3. The Morgan fingerprint density at radius 2 is 1.64 bits per heavy atom. The lowest BCUT2D eigenvalue weighted by molar-refractivity contribution is 0.586. The van der Waals surface area contributed by atoms with E-state index in [1.807, 2.05) is 0 Å². The van der Waals surface area contributed by atoms with E-state index >= 15 is 0 Å². The summed E-state index contributed by atoms with van der Waals surface area (Å²) in [4.78, 5) is 0. The van der Waals surface area contributed by atoms with Crippen LogP contribution in [0.15, 0.2) is 72.3 Å². The number of benzene rings is 2. The van der Waals surface area contributed by atoms with Crippen molar-refractivity contribution >= 4 is 0 Å². The molecule has 1 aliphatic carbocycles. The fraction of sp³-hybridized carbons (Fsp3) is 0.360. The summed E-state index contributed by atoms with van der Waals surface area (Å²) >= 11 is 0. The molecule has 0 saturated carbocycles. The van der Waals surface area contributed by atoms with Gasteiger partial charge in [0, 0.05) is 0 Å². The average molecular weight is 331 g/mol. The fourth-order valence-corrected chi connectivity index (χ4v) is 3.73. The highest BCUT2D eigenvalue weighted by Gasteiger charge is 2.16. The quantitative estimate of drug-likeness (QED) is 0.482. The molecule has 0 N–H and O–H groups in total. The maximum absolute atomic E-state index is 2.50. The highest BCUT2D eigenvalue weighted by molar-refractivity contribution is 5.64. The molecule has 0 heterocycles. The molecule has 0 fully saturated rings. The van der Waals surface area contributed by atoms with Gasteiger partial charge in [-0.1, -0.05) is 79.3 Å². The van der Waals surface area contributed by atoms with E-state index in [1.54, 1.807) is 5.57 Å². The Kier molecular flexibility index (Phi) is 6.28. The number of rotatable bonds is 6. The van der Waals surface area contributed by atoms with E-state index in [9.17, 15) is 0 Å². The Morgan fingerprint density at radius 3 is 2.20 bits per heavy atom. The number of hydrogen-bond acceptors (Lipinski definition) is 0. The molecular formula is C25H30. The molecule has 0 bridgehead atoms. The Morgan fingerprint density at radius 1 is 0.960 bits per heavy atom. The van der Waals surface area contributed by atoms with Gasteiger partial charge in [0.2, 0.25) is 0 Å². The predicted octanol–water partition coefficient (Wildman–Crippen LogP) is 7.47. The lowest BCUT2D eigenvalue weighted by atomic mass is 9.83. The van der Waals surface area contributed by atoms with Crippen LogP contribution in [0.25, 0.3) is 11.1 Å². The van der Waals surface area contributed by atoms with Gasteiger partial charge in [0.25, 0.3) is 0 Å². The molecule has 0 heteroatoms. The zero-order valence-electron chi connectivity index (χ0n) is 15.7. The van der Waals surface area contributed by atoms with Gasteiger partial charge in [0.05, 0.1) is 0 Å². The second-order valence-corrected chi connectivity index (χ2v) is 7.11. The van der Waals surface area contributed by atoms with Gasteiger partial charge in [-0.05, 0) is 73.6 Å². The maximum Gasteiger partial charge on any atom is -0.0124 e. The molecule has 1 unspecified atom stereocenters. The molecule has 1 atom stereocenters. The molecule has 0 nitrogen and oxygen atoms in total. The summed E-state index contributed by atoms with van der Waals surface area (Å²) in [5.74, 6) is 0.696. The van der Waals surface area contributed by atoms with E-state index in [-0.39, 0.29) is 0 Å². The van der Waals surface area contributed by atoms with Crippen molar-refractivity contribution in [1.82, 2.24) is 0 Å². The Bertz CT molecular complexity index is 714. The molecule has 0 spiro atoms. The van der Waals surface area contributed by atoms with Gasteiger partial charge in [-0.2, -0.15) is 0 Å². The van der Waals surface area contributed by atoms with Gasteiger partial charge in [-0.15, -0.1) is 0 Å². The normalized spacial score (nSPS) is 17.7. The van der Waals surface area contributed by atoms with E-state index in [2.05, 4.69) is 80.6 Å². The average Bonchev–Trinajstić information content (AvgIpc) is 2.69. The number of allylic oxidation sites excluding steroid dienone is 4. The van der Waals surface area contributed by atoms with Crippen molar-refractivity contribution < 1.29 is 0 Å². The monoisotopic (exact) mass is 330 g/mol. The topological polar surface area (TPSA) is 0 Å². The summed E-state index contributed by atoms with van der Waals surface area (Å²) in [5.41, 5.74) is 7.20. The van der Waals surface area contributed by atoms with Gasteiger partial charge in [-0.3, -0.25) is 0 Å². The molecule has 0 aliphatic heterocycles. The predicted molar refractivity (Wildman–Crippen MR) is 110 cm³/mol. The third kappa shape index (κ3) is 4.72. The van der Waals surface area contributed by atoms with Gasteiger partial charge in [0.1, 0.15) is 0 Å². The van der Waals surface area contributed by atoms with E-state index in [1.165, 1.54) is 54.4 Å². The lowest BCUT2D eigenvalue weighted by Gasteiger charge is -2.22. The number of hydrogen-bond donors (Lipinski definition) is 0. The first kappa shape index (κ1) is 17.7. The van der Waals surface area contributed by atoms with Crippen LogP contribution < -0.4 is 0 Å². The van der Waals surface area contributed by atoms with Crippen LogP contribution in [0.5, 0.6) is 0 Å². The molecule has 2 aromatic rings. The van der Waals surface area contributed by atoms with Crippen LogP contribution >= 0.6 is 0 Å². The second kappa shape index (κ2) is 8.85. The summed E-state index contributed by atoms with van der Waals surface area (Å²) in [7, 11) is 0. The molecule has 0 aromatic heterocycles. The third-order valence-corrected chi connectivity index (χ3v) is 5.45. The van der Waals surface area contributed by atoms with Crippen LogP contribution in [0.2, 0.25) is 0 Å². The van der Waals surface area contributed by atoms with Crippen molar-refractivity contribution in [3.05, 3.63) is 83.5 Å². The summed E-state index contributed by atoms with van der Waals surface area (Å²) in [6.07, 6.45) is 14.2. The summed E-state index contributed by atoms with van der Waals surface area (Å²) in [6, 6.07) is 18.2. The van der Waals surface area contributed by atoms with Gasteiger partial charge >= 0.3 is 0 Å². The molecule has 2 aromatic carbocycles. The molecular weight excluding hydrogens is 300 g/mol. The third-order valence-electron chi connectivity index (χ3n) is 5.45. The molecule has 25 heavy (non-hydrogen) atoms. The van der Waals surface area contributed by atoms with Crippen molar-refractivity contribution in [1.29, 1.82) is 0 Å². The van der Waals surface area contributed by atoms with Crippen molar-refractivity contribution in [2.24, 2.45) is 0 Å². The lowest BCUT2D eigenvalue weighted by Crippen LogP contribution is -2.04. The second-order valence-electron chi connectivity index (χ2n) is 7.11. The summed E-state index contributed by atoms with van der Waals surface area (Å²) in [6.45, 7) is 4.31. The van der Waals surface area contributed by atoms with Gasteiger partial charge in [0.15, 0.2) is 0 Å². The summed E-state index contributed by atoms with van der Waals surface area (Å²) < 4.78 is 0. The zero-order valence-corrected chi connectivity index (χ0v) is 15.7. The van der Waals surface area contributed by atoms with Crippen LogP contribution in [0.1, 0.15) is 63.0 Å². The first-order valence-electron chi connectivity index (χ1n) is 9.78. The minimum Gasteiger partial charge on any atom is -0.0917 e. The fourth-order valence-electron chi connectivity index (χ4n) is 3.73. The van der Waals surface area contributed by atoms with Crippen LogP contribution in [-0.2, 0) is 6.42 Å². The molecule has 0 radical (unpaired) electrons. The van der Waals surface area contributed by atoms with Crippen molar-refractivity contribution in [3.63, 3.8) is 0 Å². The number of aryl methyl sites for hydroxylation is 1. The van der Waals surface area contributed by atoms with E-state index in [4.69, 9.17) is 0 Å². The van der Waals surface area contributed by atoms with Crippen LogP contribution in [0, 0.1) is 0 Å². The van der Waals surface area contributed by atoms with Crippen molar-refractivity contribution in [2.45, 2.75) is 58.3 Å². The highest BCUT2D eigenvalue weighted by Crippen LogP contribution is 2.34. The maximum atomic E-state index is 2.50. The first-order chi connectivity index (χ1) is 12.3. The Balaban J connectivity index is 1.62. The van der Waals surface area contributed by atoms with Crippen LogP contribution in [0.4, 0.5) is 0 Å². The SMILES string of the molecule is CC=CCCC1=CCC(c2ccc(-c3ccc(CC)cc3)cc2)CC1. The minimum atomic E-state index is 0.696.